The number of rotatable bonds is 5. The predicted octanol–water partition coefficient (Wildman–Crippen LogP) is 3.36. The summed E-state index contributed by atoms with van der Waals surface area (Å²) in [7, 11) is 0. The maximum atomic E-state index is 5.94. The van der Waals surface area contributed by atoms with Gasteiger partial charge in [-0.2, -0.15) is 4.98 Å². The highest BCUT2D eigenvalue weighted by Crippen LogP contribution is 2.33. The van der Waals surface area contributed by atoms with Crippen molar-refractivity contribution >= 4 is 17.6 Å². The predicted molar refractivity (Wildman–Crippen MR) is 109 cm³/mol. The first kappa shape index (κ1) is 18.3. The van der Waals surface area contributed by atoms with E-state index >= 15 is 0 Å². The summed E-state index contributed by atoms with van der Waals surface area (Å²) < 4.78 is 16.3. The zero-order valence-corrected chi connectivity index (χ0v) is 16.6. The summed E-state index contributed by atoms with van der Waals surface area (Å²) in [6.07, 6.45) is 0.630. The summed E-state index contributed by atoms with van der Waals surface area (Å²) in [4.78, 5) is 9.13. The van der Waals surface area contributed by atoms with Gasteiger partial charge in [-0.1, -0.05) is 35.0 Å². The SMILES string of the molecule is Clc1ccc(Cc2noc(N3CCN(Cc4ccc5c(c4)OCO5)CC3)n2)cc1. The first-order valence-corrected chi connectivity index (χ1v) is 10.0. The van der Waals surface area contributed by atoms with Gasteiger partial charge in [-0.25, -0.2) is 0 Å². The van der Waals surface area contributed by atoms with Crippen LogP contribution in [0.1, 0.15) is 17.0 Å². The zero-order valence-electron chi connectivity index (χ0n) is 15.9. The lowest BCUT2D eigenvalue weighted by atomic mass is 10.1. The molecule has 0 aliphatic carbocycles. The van der Waals surface area contributed by atoms with Gasteiger partial charge in [0.05, 0.1) is 0 Å². The molecule has 0 atom stereocenters. The van der Waals surface area contributed by atoms with E-state index in [0.717, 1.165) is 54.8 Å². The number of nitrogens with zero attached hydrogens (tertiary/aromatic N) is 4. The molecule has 1 fully saturated rings. The molecule has 0 saturated carbocycles. The average Bonchev–Trinajstić information content (AvgIpc) is 3.39. The van der Waals surface area contributed by atoms with Crippen LogP contribution >= 0.6 is 11.6 Å². The maximum absolute atomic E-state index is 5.94. The van der Waals surface area contributed by atoms with Gasteiger partial charge in [0.1, 0.15) is 0 Å². The lowest BCUT2D eigenvalue weighted by Gasteiger charge is -2.33. The number of hydrogen-bond donors (Lipinski definition) is 0. The number of benzene rings is 2. The summed E-state index contributed by atoms with van der Waals surface area (Å²) >= 11 is 5.94. The fraction of sp³-hybridized carbons (Fsp3) is 0.333. The van der Waals surface area contributed by atoms with Gasteiger partial charge in [0, 0.05) is 44.2 Å². The number of ether oxygens (including phenoxy) is 2. The summed E-state index contributed by atoms with van der Waals surface area (Å²) in [6.45, 7) is 4.77. The molecule has 3 heterocycles. The van der Waals surface area contributed by atoms with Crippen molar-refractivity contribution in [2.75, 3.05) is 37.9 Å². The summed E-state index contributed by atoms with van der Waals surface area (Å²) in [5.74, 6) is 2.34. The van der Waals surface area contributed by atoms with E-state index in [-0.39, 0.29) is 0 Å². The van der Waals surface area contributed by atoms with E-state index in [1.54, 1.807) is 0 Å². The van der Waals surface area contributed by atoms with Crippen LogP contribution in [0.25, 0.3) is 0 Å². The van der Waals surface area contributed by atoms with Crippen molar-refractivity contribution in [3.8, 4) is 11.5 Å². The Morgan fingerprint density at radius 3 is 2.48 bits per heavy atom. The molecule has 150 valence electrons. The molecular weight excluding hydrogens is 392 g/mol. The Labute approximate surface area is 173 Å². The molecular formula is C21H21ClN4O3. The quantitative estimate of drug-likeness (QED) is 0.636. The molecule has 2 aliphatic heterocycles. The van der Waals surface area contributed by atoms with Crippen LogP contribution in [-0.2, 0) is 13.0 Å². The lowest BCUT2D eigenvalue weighted by Crippen LogP contribution is -2.46. The fourth-order valence-electron chi connectivity index (χ4n) is 3.62. The lowest BCUT2D eigenvalue weighted by molar-refractivity contribution is 0.174. The van der Waals surface area contributed by atoms with Crippen LogP contribution in [-0.4, -0.2) is 48.0 Å². The topological polar surface area (TPSA) is 63.9 Å². The fourth-order valence-corrected chi connectivity index (χ4v) is 3.75. The Hall–Kier alpha value is -2.77. The van der Waals surface area contributed by atoms with Crippen molar-refractivity contribution in [1.29, 1.82) is 0 Å². The van der Waals surface area contributed by atoms with E-state index in [9.17, 15) is 0 Å². The summed E-state index contributed by atoms with van der Waals surface area (Å²) in [6, 6.07) is 14.4. The van der Waals surface area contributed by atoms with Crippen molar-refractivity contribution in [2.45, 2.75) is 13.0 Å². The van der Waals surface area contributed by atoms with Crippen LogP contribution in [0.5, 0.6) is 11.5 Å². The molecule has 2 aliphatic rings. The van der Waals surface area contributed by atoms with Gasteiger partial charge in [0.25, 0.3) is 0 Å². The molecule has 5 rings (SSSR count). The highest BCUT2D eigenvalue weighted by molar-refractivity contribution is 6.30. The third-order valence-electron chi connectivity index (χ3n) is 5.22. The molecule has 3 aromatic rings. The summed E-state index contributed by atoms with van der Waals surface area (Å²) in [5.41, 5.74) is 2.33. The molecule has 0 amide bonds. The molecule has 1 aromatic heterocycles. The van der Waals surface area contributed by atoms with Crippen molar-refractivity contribution in [1.82, 2.24) is 15.0 Å². The largest absolute Gasteiger partial charge is 0.454 e. The number of anilines is 1. The van der Waals surface area contributed by atoms with Crippen LogP contribution in [0.4, 0.5) is 6.01 Å². The van der Waals surface area contributed by atoms with Crippen molar-refractivity contribution in [3.63, 3.8) is 0 Å². The molecule has 7 nitrogen and oxygen atoms in total. The first-order valence-electron chi connectivity index (χ1n) is 9.66. The second-order valence-corrected chi connectivity index (χ2v) is 7.68. The normalized spacial score (nSPS) is 16.4. The Morgan fingerprint density at radius 2 is 1.66 bits per heavy atom. The molecule has 0 radical (unpaired) electrons. The first-order chi connectivity index (χ1) is 14.2. The second kappa shape index (κ2) is 7.93. The third-order valence-corrected chi connectivity index (χ3v) is 5.47. The smallest absolute Gasteiger partial charge is 0.324 e. The Morgan fingerprint density at radius 1 is 0.897 bits per heavy atom. The van der Waals surface area contributed by atoms with Crippen molar-refractivity contribution in [3.05, 3.63) is 64.4 Å². The average molecular weight is 413 g/mol. The van der Waals surface area contributed by atoms with Crippen LogP contribution < -0.4 is 14.4 Å². The summed E-state index contributed by atoms with van der Waals surface area (Å²) in [5, 5.41) is 4.85. The van der Waals surface area contributed by atoms with Gasteiger partial charge < -0.3 is 18.9 Å². The second-order valence-electron chi connectivity index (χ2n) is 7.25. The standard InChI is InChI=1S/C21H21ClN4O3/c22-17-4-1-15(2-5-17)12-20-23-21(29-24-20)26-9-7-25(8-10-26)13-16-3-6-18-19(11-16)28-14-27-18/h1-6,11H,7-10,12-14H2. The van der Waals surface area contributed by atoms with E-state index in [0.29, 0.717) is 25.1 Å². The minimum absolute atomic E-state index is 0.307. The molecule has 8 heteroatoms. The molecule has 0 spiro atoms. The van der Waals surface area contributed by atoms with Gasteiger partial charge >= 0.3 is 6.01 Å². The van der Waals surface area contributed by atoms with Crippen LogP contribution in [0.15, 0.2) is 47.0 Å². The molecule has 29 heavy (non-hydrogen) atoms. The molecule has 0 unspecified atom stereocenters. The molecule has 0 N–H and O–H groups in total. The van der Waals surface area contributed by atoms with Crippen molar-refractivity contribution in [2.24, 2.45) is 0 Å². The van der Waals surface area contributed by atoms with Gasteiger partial charge in [-0.3, -0.25) is 4.90 Å². The number of aromatic nitrogens is 2. The van der Waals surface area contributed by atoms with Gasteiger partial charge in [-0.15, -0.1) is 0 Å². The molecule has 1 saturated heterocycles. The van der Waals surface area contributed by atoms with Gasteiger partial charge in [0.15, 0.2) is 17.3 Å². The van der Waals surface area contributed by atoms with E-state index in [4.69, 9.17) is 25.6 Å². The van der Waals surface area contributed by atoms with E-state index in [2.05, 4.69) is 32.1 Å². The Kier molecular flexibility index (Phi) is 4.99. The zero-order chi connectivity index (χ0) is 19.6. The third kappa shape index (κ3) is 4.16. The number of piperazine rings is 1. The van der Waals surface area contributed by atoms with Crippen LogP contribution in [0.2, 0.25) is 5.02 Å². The Bertz CT molecular complexity index is 984. The minimum Gasteiger partial charge on any atom is -0.454 e. The molecule has 0 bridgehead atoms. The maximum Gasteiger partial charge on any atom is 0.324 e. The molecule has 2 aromatic carbocycles. The van der Waals surface area contributed by atoms with Crippen LogP contribution in [0, 0.1) is 0 Å². The van der Waals surface area contributed by atoms with Gasteiger partial charge in [-0.05, 0) is 35.4 Å². The van der Waals surface area contributed by atoms with Crippen LogP contribution in [0.3, 0.4) is 0 Å². The minimum atomic E-state index is 0.307. The number of halogens is 1. The van der Waals surface area contributed by atoms with E-state index in [1.807, 2.05) is 30.3 Å². The Balaban J connectivity index is 1.16. The van der Waals surface area contributed by atoms with E-state index < -0.39 is 0 Å². The number of hydrogen-bond acceptors (Lipinski definition) is 7. The van der Waals surface area contributed by atoms with E-state index in [1.165, 1.54) is 5.56 Å². The monoisotopic (exact) mass is 412 g/mol. The number of fused-ring (bicyclic) bond motifs is 1. The van der Waals surface area contributed by atoms with Crippen molar-refractivity contribution < 1.29 is 14.0 Å². The highest BCUT2D eigenvalue weighted by atomic mass is 35.5. The van der Waals surface area contributed by atoms with Gasteiger partial charge in [0.2, 0.25) is 6.79 Å². The highest BCUT2D eigenvalue weighted by Gasteiger charge is 2.22.